The highest BCUT2D eigenvalue weighted by atomic mass is 79.9. The van der Waals surface area contributed by atoms with Crippen LogP contribution in [0.25, 0.3) is 0 Å². The molecule has 0 aliphatic carbocycles. The summed E-state index contributed by atoms with van der Waals surface area (Å²) in [5, 5.41) is 2.60. The second-order valence-corrected chi connectivity index (χ2v) is 5.13. The first-order valence-corrected chi connectivity index (χ1v) is 7.08. The Kier molecular flexibility index (Phi) is 5.16. The summed E-state index contributed by atoms with van der Waals surface area (Å²) in [6.07, 6.45) is 0. The van der Waals surface area contributed by atoms with Gasteiger partial charge in [-0.3, -0.25) is 4.79 Å². The topological polar surface area (TPSA) is 64.3 Å². The van der Waals surface area contributed by atoms with Crippen molar-refractivity contribution in [2.45, 2.75) is 0 Å². The van der Waals surface area contributed by atoms with E-state index in [2.05, 4.69) is 21.2 Å². The summed E-state index contributed by atoms with van der Waals surface area (Å²) < 4.78 is 19.4. The van der Waals surface area contributed by atoms with Gasteiger partial charge < -0.3 is 15.8 Å². The molecule has 2 rings (SSSR count). The zero-order chi connectivity index (χ0) is 15.2. The Morgan fingerprint density at radius 3 is 2.81 bits per heavy atom. The fraction of sp³-hybridized carbons (Fsp3) is 0.133. The first-order chi connectivity index (χ1) is 10.1. The molecule has 3 N–H and O–H groups in total. The second-order valence-electron chi connectivity index (χ2n) is 4.28. The number of benzene rings is 2. The fourth-order valence-electron chi connectivity index (χ4n) is 1.71. The van der Waals surface area contributed by atoms with Gasteiger partial charge in [0.1, 0.15) is 18.2 Å². The molecule has 0 saturated carbocycles. The van der Waals surface area contributed by atoms with Crippen LogP contribution in [-0.2, 0) is 0 Å². The number of hydrogen-bond acceptors (Lipinski definition) is 3. The predicted octanol–water partition coefficient (Wildman–Crippen LogP) is 2.98. The number of carbonyl (C=O) groups is 1. The molecule has 21 heavy (non-hydrogen) atoms. The van der Waals surface area contributed by atoms with E-state index in [1.54, 1.807) is 30.3 Å². The number of nitrogen functional groups attached to an aromatic ring is 1. The molecule has 4 nitrogen and oxygen atoms in total. The van der Waals surface area contributed by atoms with Crippen LogP contribution in [0.15, 0.2) is 46.9 Å². The van der Waals surface area contributed by atoms with E-state index < -0.39 is 11.7 Å². The molecule has 0 bridgehead atoms. The summed E-state index contributed by atoms with van der Waals surface area (Å²) >= 11 is 3.04. The minimum absolute atomic E-state index is 0.00618. The highest BCUT2D eigenvalue weighted by Crippen LogP contribution is 2.18. The molecule has 0 fully saturated rings. The van der Waals surface area contributed by atoms with Crippen molar-refractivity contribution < 1.29 is 13.9 Å². The number of nitrogens with one attached hydrogen (secondary N) is 1. The van der Waals surface area contributed by atoms with Gasteiger partial charge in [0.15, 0.2) is 0 Å². The first-order valence-electron chi connectivity index (χ1n) is 6.28. The lowest BCUT2D eigenvalue weighted by atomic mass is 10.2. The van der Waals surface area contributed by atoms with Crippen LogP contribution in [0.2, 0.25) is 0 Å². The largest absolute Gasteiger partial charge is 0.492 e. The summed E-state index contributed by atoms with van der Waals surface area (Å²) in [4.78, 5) is 11.8. The van der Waals surface area contributed by atoms with Crippen molar-refractivity contribution in [3.8, 4) is 5.75 Å². The molecule has 0 heterocycles. The molecular weight excluding hydrogens is 339 g/mol. The number of rotatable bonds is 5. The molecule has 0 atom stereocenters. The zero-order valence-electron chi connectivity index (χ0n) is 11.1. The van der Waals surface area contributed by atoms with Crippen molar-refractivity contribution in [3.63, 3.8) is 0 Å². The van der Waals surface area contributed by atoms with Crippen molar-refractivity contribution in [1.29, 1.82) is 0 Å². The third-order valence-electron chi connectivity index (χ3n) is 2.71. The van der Waals surface area contributed by atoms with E-state index >= 15 is 0 Å². The van der Waals surface area contributed by atoms with E-state index in [4.69, 9.17) is 10.5 Å². The molecule has 0 aliphatic heterocycles. The van der Waals surface area contributed by atoms with Crippen LogP contribution in [-0.4, -0.2) is 19.1 Å². The van der Waals surface area contributed by atoms with E-state index in [9.17, 15) is 9.18 Å². The van der Waals surface area contributed by atoms with Crippen molar-refractivity contribution in [1.82, 2.24) is 5.32 Å². The normalized spacial score (nSPS) is 10.2. The summed E-state index contributed by atoms with van der Waals surface area (Å²) in [6.45, 7) is 0.532. The number of anilines is 1. The average Bonchev–Trinajstić information content (AvgIpc) is 2.46. The Labute approximate surface area is 130 Å². The van der Waals surface area contributed by atoms with Crippen LogP contribution in [0.5, 0.6) is 5.75 Å². The molecule has 0 spiro atoms. The third kappa shape index (κ3) is 4.19. The smallest absolute Gasteiger partial charge is 0.254 e. The van der Waals surface area contributed by atoms with E-state index in [0.717, 1.165) is 0 Å². The van der Waals surface area contributed by atoms with E-state index in [0.29, 0.717) is 11.4 Å². The molecule has 1 amide bonds. The summed E-state index contributed by atoms with van der Waals surface area (Å²) in [6, 6.07) is 11.6. The van der Waals surface area contributed by atoms with Gasteiger partial charge >= 0.3 is 0 Å². The molecular formula is C15H14BrFN2O2. The van der Waals surface area contributed by atoms with Crippen LogP contribution in [0.3, 0.4) is 0 Å². The lowest BCUT2D eigenvalue weighted by Crippen LogP contribution is -2.28. The van der Waals surface area contributed by atoms with E-state index in [1.807, 2.05) is 0 Å². The van der Waals surface area contributed by atoms with Crippen LogP contribution >= 0.6 is 15.9 Å². The van der Waals surface area contributed by atoms with Gasteiger partial charge in [0.05, 0.1) is 16.6 Å². The molecule has 110 valence electrons. The second kappa shape index (κ2) is 7.08. The summed E-state index contributed by atoms with van der Waals surface area (Å²) in [5.41, 5.74) is 6.22. The van der Waals surface area contributed by atoms with Crippen LogP contribution < -0.4 is 15.8 Å². The highest BCUT2D eigenvalue weighted by molar-refractivity contribution is 9.10. The molecule has 0 aromatic heterocycles. The molecule has 0 aliphatic rings. The van der Waals surface area contributed by atoms with Gasteiger partial charge in [0.25, 0.3) is 5.91 Å². The molecule has 0 unspecified atom stereocenters. The number of carbonyl (C=O) groups excluding carboxylic acids is 1. The minimum Gasteiger partial charge on any atom is -0.492 e. The van der Waals surface area contributed by atoms with E-state index in [-0.39, 0.29) is 23.2 Å². The minimum atomic E-state index is -0.577. The number of amides is 1. The maximum Gasteiger partial charge on any atom is 0.254 e. The number of ether oxygens (including phenoxy) is 1. The summed E-state index contributed by atoms with van der Waals surface area (Å²) in [7, 11) is 0. The van der Waals surface area contributed by atoms with Gasteiger partial charge in [-0.2, -0.15) is 0 Å². The Morgan fingerprint density at radius 1 is 1.29 bits per heavy atom. The molecule has 2 aromatic rings. The monoisotopic (exact) mass is 352 g/mol. The van der Waals surface area contributed by atoms with Gasteiger partial charge in [-0.15, -0.1) is 0 Å². The zero-order valence-corrected chi connectivity index (χ0v) is 12.7. The van der Waals surface area contributed by atoms with Crippen molar-refractivity contribution in [3.05, 3.63) is 58.3 Å². The quantitative estimate of drug-likeness (QED) is 0.642. The van der Waals surface area contributed by atoms with Crippen LogP contribution in [0.1, 0.15) is 10.4 Å². The molecule has 6 heteroatoms. The third-order valence-corrected chi connectivity index (χ3v) is 3.32. The maximum atomic E-state index is 13.7. The van der Waals surface area contributed by atoms with Crippen molar-refractivity contribution in [2.75, 3.05) is 18.9 Å². The van der Waals surface area contributed by atoms with Gasteiger partial charge in [0.2, 0.25) is 0 Å². The molecule has 0 radical (unpaired) electrons. The lowest BCUT2D eigenvalue weighted by Gasteiger charge is -2.09. The fourth-order valence-corrected chi connectivity index (χ4v) is 2.08. The Hall–Kier alpha value is -2.08. The molecule has 0 saturated heterocycles. The number of halogens is 2. The maximum absolute atomic E-state index is 13.7. The van der Waals surface area contributed by atoms with Gasteiger partial charge in [-0.05, 0) is 40.2 Å². The average molecular weight is 353 g/mol. The van der Waals surface area contributed by atoms with Crippen LogP contribution in [0.4, 0.5) is 10.1 Å². The van der Waals surface area contributed by atoms with Gasteiger partial charge in [-0.1, -0.05) is 12.1 Å². The lowest BCUT2D eigenvalue weighted by molar-refractivity contribution is 0.0943. The van der Waals surface area contributed by atoms with Crippen LogP contribution in [0, 0.1) is 5.82 Å². The van der Waals surface area contributed by atoms with Gasteiger partial charge in [0, 0.05) is 11.8 Å². The van der Waals surface area contributed by atoms with Crippen molar-refractivity contribution in [2.24, 2.45) is 0 Å². The Morgan fingerprint density at radius 2 is 2.05 bits per heavy atom. The number of nitrogens with two attached hydrogens (primary N) is 1. The SMILES string of the molecule is Nc1cccc(OCCNC(=O)c2cccc(Br)c2F)c1. The Bertz CT molecular complexity index is 649. The first kappa shape index (κ1) is 15.3. The summed E-state index contributed by atoms with van der Waals surface area (Å²) in [5.74, 6) is -0.436. The highest BCUT2D eigenvalue weighted by Gasteiger charge is 2.13. The van der Waals surface area contributed by atoms with Gasteiger partial charge in [-0.25, -0.2) is 4.39 Å². The van der Waals surface area contributed by atoms with Crippen molar-refractivity contribution >= 4 is 27.5 Å². The van der Waals surface area contributed by atoms with E-state index in [1.165, 1.54) is 12.1 Å². The molecule has 2 aromatic carbocycles. The predicted molar refractivity (Wildman–Crippen MR) is 82.8 cm³/mol. The Balaban J connectivity index is 1.83. The standard InChI is InChI=1S/C15H14BrFN2O2/c16-13-6-2-5-12(14(13)17)15(20)19-7-8-21-11-4-1-3-10(18)9-11/h1-6,9H,7-8,18H2,(H,19,20). The number of hydrogen-bond donors (Lipinski definition) is 2.